The molecule has 102 valence electrons. The summed E-state index contributed by atoms with van der Waals surface area (Å²) < 4.78 is 0. The highest BCUT2D eigenvalue weighted by Crippen LogP contribution is 2.44. The highest BCUT2D eigenvalue weighted by molar-refractivity contribution is 8.03. The third kappa shape index (κ3) is 2.90. The van der Waals surface area contributed by atoms with Crippen LogP contribution in [-0.4, -0.2) is 17.3 Å². The second kappa shape index (κ2) is 6.14. The second-order valence-electron chi connectivity index (χ2n) is 4.99. The molecule has 4 heteroatoms. The quantitative estimate of drug-likeness (QED) is 0.823. The van der Waals surface area contributed by atoms with Crippen molar-refractivity contribution in [1.29, 1.82) is 0 Å². The lowest BCUT2D eigenvalue weighted by Crippen LogP contribution is -2.04. The van der Waals surface area contributed by atoms with Crippen molar-refractivity contribution in [2.24, 2.45) is 0 Å². The van der Waals surface area contributed by atoms with Crippen molar-refractivity contribution in [1.82, 2.24) is 4.98 Å². The van der Waals surface area contributed by atoms with E-state index >= 15 is 0 Å². The average molecular weight is 292 g/mol. The van der Waals surface area contributed by atoms with E-state index in [4.69, 9.17) is 4.98 Å². The summed E-state index contributed by atoms with van der Waals surface area (Å²) in [5, 5.41) is 4.61. The van der Waals surface area contributed by atoms with E-state index in [1.165, 1.54) is 40.5 Å². The van der Waals surface area contributed by atoms with E-state index < -0.39 is 0 Å². The van der Waals surface area contributed by atoms with Gasteiger partial charge in [-0.3, -0.25) is 0 Å². The van der Waals surface area contributed by atoms with E-state index in [-0.39, 0.29) is 0 Å². The van der Waals surface area contributed by atoms with Crippen molar-refractivity contribution in [3.8, 4) is 0 Å². The lowest BCUT2D eigenvalue weighted by molar-refractivity contribution is 0.801. The fourth-order valence-corrected chi connectivity index (χ4v) is 4.83. The third-order valence-corrected chi connectivity index (χ3v) is 5.82. The average Bonchev–Trinajstić information content (AvgIpc) is 2.75. The molecule has 1 N–H and O–H groups in total. The molecule has 0 saturated heterocycles. The van der Waals surface area contributed by atoms with E-state index in [1.807, 2.05) is 23.1 Å². The SMILES string of the molecule is CCCCNc1nc2c(s1)CCSC1=CC=CCC12. The Balaban J connectivity index is 1.81. The third-order valence-electron chi connectivity index (χ3n) is 3.57. The Hall–Kier alpha value is -0.740. The summed E-state index contributed by atoms with van der Waals surface area (Å²) in [5.74, 6) is 1.71. The van der Waals surface area contributed by atoms with Gasteiger partial charge >= 0.3 is 0 Å². The summed E-state index contributed by atoms with van der Waals surface area (Å²) in [4.78, 5) is 7.89. The highest BCUT2D eigenvalue weighted by atomic mass is 32.2. The summed E-state index contributed by atoms with van der Waals surface area (Å²) in [5.41, 5.74) is 1.34. The van der Waals surface area contributed by atoms with Gasteiger partial charge in [0, 0.05) is 23.1 Å². The number of thiazole rings is 1. The van der Waals surface area contributed by atoms with Crippen LogP contribution in [0.15, 0.2) is 23.1 Å². The van der Waals surface area contributed by atoms with Gasteiger partial charge in [0.05, 0.1) is 5.69 Å². The van der Waals surface area contributed by atoms with Gasteiger partial charge in [-0.1, -0.05) is 31.6 Å². The van der Waals surface area contributed by atoms with Crippen molar-refractivity contribution >= 4 is 28.2 Å². The molecular formula is C15H20N2S2. The molecular weight excluding hydrogens is 272 g/mol. The number of hydrogen-bond donors (Lipinski definition) is 1. The van der Waals surface area contributed by atoms with Crippen LogP contribution >= 0.6 is 23.1 Å². The predicted molar refractivity (Wildman–Crippen MR) is 86.3 cm³/mol. The number of aryl methyl sites for hydroxylation is 1. The number of thioether (sulfide) groups is 1. The van der Waals surface area contributed by atoms with E-state index in [2.05, 4.69) is 30.5 Å². The van der Waals surface area contributed by atoms with Crippen LogP contribution in [0.5, 0.6) is 0 Å². The van der Waals surface area contributed by atoms with Gasteiger partial charge < -0.3 is 5.32 Å². The lowest BCUT2D eigenvalue weighted by atomic mass is 9.96. The first kappa shape index (κ1) is 13.3. The van der Waals surface area contributed by atoms with Crippen molar-refractivity contribution in [3.05, 3.63) is 33.7 Å². The van der Waals surface area contributed by atoms with E-state index in [1.54, 1.807) is 0 Å². The van der Waals surface area contributed by atoms with Gasteiger partial charge in [0.1, 0.15) is 0 Å². The maximum atomic E-state index is 4.89. The molecule has 0 radical (unpaired) electrons. The first-order valence-corrected chi connectivity index (χ1v) is 8.91. The molecule has 0 aromatic carbocycles. The maximum absolute atomic E-state index is 4.89. The van der Waals surface area contributed by atoms with Gasteiger partial charge in [-0.25, -0.2) is 4.98 Å². The first-order valence-electron chi connectivity index (χ1n) is 7.11. The van der Waals surface area contributed by atoms with Crippen LogP contribution in [0.25, 0.3) is 0 Å². The summed E-state index contributed by atoms with van der Waals surface area (Å²) in [6.07, 6.45) is 11.5. The van der Waals surface area contributed by atoms with Gasteiger partial charge in [0.25, 0.3) is 0 Å². The molecule has 0 fully saturated rings. The lowest BCUT2D eigenvalue weighted by Gasteiger charge is -2.17. The van der Waals surface area contributed by atoms with E-state index in [0.717, 1.165) is 18.1 Å². The first-order chi connectivity index (χ1) is 9.38. The number of rotatable bonds is 4. The largest absolute Gasteiger partial charge is 0.362 e. The minimum absolute atomic E-state index is 0.519. The van der Waals surface area contributed by atoms with Crippen LogP contribution in [-0.2, 0) is 6.42 Å². The fraction of sp³-hybridized carbons (Fsp3) is 0.533. The normalized spacial score (nSPS) is 21.3. The molecule has 1 atom stereocenters. The molecule has 1 unspecified atom stereocenters. The molecule has 2 nitrogen and oxygen atoms in total. The molecule has 1 aromatic rings. The molecule has 3 rings (SSSR count). The number of nitrogens with one attached hydrogen (secondary N) is 1. The zero-order valence-corrected chi connectivity index (χ0v) is 12.9. The molecule has 0 spiro atoms. The van der Waals surface area contributed by atoms with Crippen LogP contribution in [0, 0.1) is 0 Å². The van der Waals surface area contributed by atoms with Crippen molar-refractivity contribution in [3.63, 3.8) is 0 Å². The van der Waals surface area contributed by atoms with Crippen molar-refractivity contribution in [2.75, 3.05) is 17.6 Å². The van der Waals surface area contributed by atoms with Crippen LogP contribution in [0.2, 0.25) is 0 Å². The number of unbranched alkanes of at least 4 members (excludes halogenated alkanes) is 1. The Labute approximate surface area is 123 Å². The van der Waals surface area contributed by atoms with Crippen LogP contribution in [0.4, 0.5) is 5.13 Å². The van der Waals surface area contributed by atoms with E-state index in [9.17, 15) is 0 Å². The minimum Gasteiger partial charge on any atom is -0.362 e. The fourth-order valence-electron chi connectivity index (χ4n) is 2.53. The van der Waals surface area contributed by atoms with Gasteiger partial charge in [-0.15, -0.1) is 23.1 Å². The minimum atomic E-state index is 0.519. The highest BCUT2D eigenvalue weighted by Gasteiger charge is 2.27. The monoisotopic (exact) mass is 292 g/mol. The molecule has 2 heterocycles. The number of allylic oxidation sites excluding steroid dienone is 4. The van der Waals surface area contributed by atoms with Gasteiger partial charge in [0.15, 0.2) is 5.13 Å². The predicted octanol–water partition coefficient (Wildman–Crippen LogP) is 4.57. The second-order valence-corrected chi connectivity index (χ2v) is 7.24. The van der Waals surface area contributed by atoms with Gasteiger partial charge in [-0.2, -0.15) is 0 Å². The van der Waals surface area contributed by atoms with Crippen molar-refractivity contribution < 1.29 is 0 Å². The number of anilines is 1. The number of aromatic nitrogens is 1. The van der Waals surface area contributed by atoms with Crippen molar-refractivity contribution in [2.45, 2.75) is 38.5 Å². The molecule has 1 aliphatic carbocycles. The van der Waals surface area contributed by atoms with Crippen LogP contribution in [0.1, 0.15) is 42.7 Å². The Morgan fingerprint density at radius 1 is 1.47 bits per heavy atom. The molecule has 2 aliphatic rings. The standard InChI is InChI=1S/C15H20N2S2/c1-2-3-9-16-15-17-14-11-6-4-5-7-12(11)18-10-8-13(14)19-15/h4-5,7,11H,2-3,6,8-10H2,1H3,(H,16,17). The summed E-state index contributed by atoms with van der Waals surface area (Å²) >= 11 is 3.88. The Bertz CT molecular complexity index is 502. The number of hydrogen-bond acceptors (Lipinski definition) is 4. The zero-order valence-electron chi connectivity index (χ0n) is 11.3. The van der Waals surface area contributed by atoms with Crippen LogP contribution < -0.4 is 5.32 Å². The van der Waals surface area contributed by atoms with Gasteiger partial charge in [0.2, 0.25) is 0 Å². The Morgan fingerprint density at radius 3 is 3.32 bits per heavy atom. The molecule has 0 bridgehead atoms. The molecule has 0 saturated carbocycles. The summed E-state index contributed by atoms with van der Waals surface area (Å²) in [7, 11) is 0. The molecule has 1 aromatic heterocycles. The topological polar surface area (TPSA) is 24.9 Å². The number of nitrogens with zero attached hydrogens (tertiary/aromatic N) is 1. The summed E-state index contributed by atoms with van der Waals surface area (Å²) in [6, 6.07) is 0. The Kier molecular flexibility index (Phi) is 4.28. The maximum Gasteiger partial charge on any atom is 0.183 e. The zero-order chi connectivity index (χ0) is 13.1. The summed E-state index contributed by atoms with van der Waals surface area (Å²) in [6.45, 7) is 3.27. The smallest absolute Gasteiger partial charge is 0.183 e. The molecule has 0 amide bonds. The Morgan fingerprint density at radius 2 is 2.42 bits per heavy atom. The molecule has 1 aliphatic heterocycles. The number of fused-ring (bicyclic) bond motifs is 3. The van der Waals surface area contributed by atoms with E-state index in [0.29, 0.717) is 5.92 Å². The van der Waals surface area contributed by atoms with Gasteiger partial charge in [-0.05, 0) is 24.2 Å². The van der Waals surface area contributed by atoms with Crippen LogP contribution in [0.3, 0.4) is 0 Å². The molecule has 19 heavy (non-hydrogen) atoms.